The zero-order valence-electron chi connectivity index (χ0n) is 16.0. The number of hydrogen-bond acceptors (Lipinski definition) is 2. The molecular weight excluding hydrogens is 308 g/mol. The molecular formula is C23H32O2. The summed E-state index contributed by atoms with van der Waals surface area (Å²) in [7, 11) is 1.80. The molecule has 5 atom stereocenters. The Morgan fingerprint density at radius 2 is 2.12 bits per heavy atom. The number of methoxy groups -OCH3 is 1. The Morgan fingerprint density at radius 3 is 2.84 bits per heavy atom. The summed E-state index contributed by atoms with van der Waals surface area (Å²) in [6.07, 6.45) is 12.4. The standard InChI is InChI=1S/C23H32O2/c1-4-12-23(24)14-11-21-20-8-6-16-15-17(25-3)7-9-18(16)19(20)10-13-22(21,23)5-2/h7,19-21,24H,5-6,8-11,13-15H2,1-3H3/t19-,20-,21+,22+,23+/m1/s1. The van der Waals surface area contributed by atoms with Gasteiger partial charge in [-0.2, -0.15) is 0 Å². The van der Waals surface area contributed by atoms with E-state index in [4.69, 9.17) is 4.74 Å². The van der Waals surface area contributed by atoms with Gasteiger partial charge in [0.15, 0.2) is 0 Å². The SMILES string of the molecule is CC#C[C@]1(O)CC[C@H]2[C@@H]3CCC4=C(CC=C(OC)C4)[C@H]3CC[C@@]21CC. The maximum absolute atomic E-state index is 11.4. The van der Waals surface area contributed by atoms with Crippen molar-refractivity contribution in [2.45, 2.75) is 77.2 Å². The first-order chi connectivity index (χ1) is 12.1. The summed E-state index contributed by atoms with van der Waals surface area (Å²) in [4.78, 5) is 0. The predicted octanol–water partition coefficient (Wildman–Crippen LogP) is 4.99. The Kier molecular flexibility index (Phi) is 4.27. The first kappa shape index (κ1) is 17.2. The van der Waals surface area contributed by atoms with Gasteiger partial charge < -0.3 is 9.84 Å². The van der Waals surface area contributed by atoms with Crippen LogP contribution in [-0.2, 0) is 4.74 Å². The maximum Gasteiger partial charge on any atom is 0.131 e. The Morgan fingerprint density at radius 1 is 1.28 bits per heavy atom. The molecule has 0 unspecified atom stereocenters. The lowest BCUT2D eigenvalue weighted by Crippen LogP contribution is -2.52. The molecule has 4 rings (SSSR count). The van der Waals surface area contributed by atoms with Crippen LogP contribution in [0.5, 0.6) is 0 Å². The summed E-state index contributed by atoms with van der Waals surface area (Å²) in [5, 5.41) is 11.4. The van der Waals surface area contributed by atoms with Crippen LogP contribution in [0.2, 0.25) is 0 Å². The molecule has 0 radical (unpaired) electrons. The average molecular weight is 341 g/mol. The van der Waals surface area contributed by atoms with Gasteiger partial charge >= 0.3 is 0 Å². The first-order valence-corrected chi connectivity index (χ1v) is 10.2. The summed E-state index contributed by atoms with van der Waals surface area (Å²) in [5.74, 6) is 9.57. The van der Waals surface area contributed by atoms with Crippen LogP contribution in [-0.4, -0.2) is 17.8 Å². The van der Waals surface area contributed by atoms with Crippen LogP contribution >= 0.6 is 0 Å². The minimum Gasteiger partial charge on any atom is -0.501 e. The summed E-state index contributed by atoms with van der Waals surface area (Å²) in [5.41, 5.74) is 2.65. The molecule has 2 fully saturated rings. The van der Waals surface area contributed by atoms with Crippen molar-refractivity contribution in [1.29, 1.82) is 0 Å². The van der Waals surface area contributed by atoms with Crippen LogP contribution in [0.25, 0.3) is 0 Å². The molecule has 0 aromatic rings. The number of rotatable bonds is 2. The van der Waals surface area contributed by atoms with Crippen molar-refractivity contribution in [3.8, 4) is 11.8 Å². The quantitative estimate of drug-likeness (QED) is 0.567. The van der Waals surface area contributed by atoms with E-state index >= 15 is 0 Å². The molecule has 25 heavy (non-hydrogen) atoms. The molecule has 136 valence electrons. The fraction of sp³-hybridized carbons (Fsp3) is 0.739. The molecule has 2 nitrogen and oxygen atoms in total. The van der Waals surface area contributed by atoms with Gasteiger partial charge in [-0.05, 0) is 82.1 Å². The van der Waals surface area contributed by atoms with Crippen LogP contribution in [0, 0.1) is 35.0 Å². The van der Waals surface area contributed by atoms with E-state index in [0.29, 0.717) is 5.92 Å². The maximum atomic E-state index is 11.4. The van der Waals surface area contributed by atoms with Gasteiger partial charge in [0, 0.05) is 11.8 Å². The van der Waals surface area contributed by atoms with Crippen molar-refractivity contribution in [3.05, 3.63) is 23.0 Å². The first-order valence-electron chi connectivity index (χ1n) is 10.2. The van der Waals surface area contributed by atoms with E-state index in [9.17, 15) is 5.11 Å². The zero-order valence-corrected chi connectivity index (χ0v) is 16.0. The molecule has 0 aromatic heterocycles. The third kappa shape index (κ3) is 2.35. The topological polar surface area (TPSA) is 29.5 Å². The smallest absolute Gasteiger partial charge is 0.131 e. The highest BCUT2D eigenvalue weighted by molar-refractivity contribution is 5.34. The second kappa shape index (κ2) is 6.20. The molecule has 1 N–H and O–H groups in total. The lowest BCUT2D eigenvalue weighted by molar-refractivity contribution is -0.0856. The van der Waals surface area contributed by atoms with E-state index in [1.165, 1.54) is 19.3 Å². The second-order valence-electron chi connectivity index (χ2n) is 8.62. The summed E-state index contributed by atoms with van der Waals surface area (Å²) in [6, 6.07) is 0. The van der Waals surface area contributed by atoms with Gasteiger partial charge in [0.1, 0.15) is 5.60 Å². The van der Waals surface area contributed by atoms with E-state index in [1.807, 2.05) is 6.92 Å². The van der Waals surface area contributed by atoms with Gasteiger partial charge in [0.2, 0.25) is 0 Å². The second-order valence-corrected chi connectivity index (χ2v) is 8.62. The van der Waals surface area contributed by atoms with Crippen LogP contribution in [0.15, 0.2) is 23.0 Å². The lowest BCUT2D eigenvalue weighted by atomic mass is 9.51. The Labute approximate surface area is 152 Å². The Hall–Kier alpha value is -1.20. The fourth-order valence-electron chi connectivity index (χ4n) is 7.00. The summed E-state index contributed by atoms with van der Waals surface area (Å²) in [6.45, 7) is 4.16. The van der Waals surface area contributed by atoms with E-state index in [0.717, 1.165) is 56.1 Å². The molecule has 0 heterocycles. The van der Waals surface area contributed by atoms with Crippen molar-refractivity contribution < 1.29 is 9.84 Å². The number of allylic oxidation sites excluding steroid dienone is 3. The van der Waals surface area contributed by atoms with Crippen molar-refractivity contribution >= 4 is 0 Å². The molecule has 0 spiro atoms. The largest absolute Gasteiger partial charge is 0.501 e. The highest BCUT2D eigenvalue weighted by Gasteiger charge is 2.62. The zero-order chi connectivity index (χ0) is 17.7. The highest BCUT2D eigenvalue weighted by atomic mass is 16.5. The van der Waals surface area contributed by atoms with Gasteiger partial charge in [-0.3, -0.25) is 0 Å². The normalized spacial score (nSPS) is 42.6. The number of ether oxygens (including phenoxy) is 1. The molecule has 0 saturated heterocycles. The molecule has 0 aliphatic heterocycles. The molecule has 0 amide bonds. The van der Waals surface area contributed by atoms with E-state index in [2.05, 4.69) is 24.8 Å². The van der Waals surface area contributed by atoms with Gasteiger partial charge in [-0.25, -0.2) is 0 Å². The Balaban J connectivity index is 1.65. The molecule has 4 aliphatic rings. The monoisotopic (exact) mass is 340 g/mol. The fourth-order valence-corrected chi connectivity index (χ4v) is 7.00. The number of aliphatic hydroxyl groups is 1. The highest BCUT2D eigenvalue weighted by Crippen LogP contribution is 2.65. The number of fused-ring (bicyclic) bond motifs is 4. The molecule has 0 aromatic carbocycles. The van der Waals surface area contributed by atoms with Crippen molar-refractivity contribution in [1.82, 2.24) is 0 Å². The molecule has 2 heteroatoms. The summed E-state index contributed by atoms with van der Waals surface area (Å²) < 4.78 is 5.51. The third-order valence-electron chi connectivity index (χ3n) is 8.13. The van der Waals surface area contributed by atoms with Gasteiger partial charge in [0.25, 0.3) is 0 Å². The van der Waals surface area contributed by atoms with Gasteiger partial charge in [-0.15, -0.1) is 5.92 Å². The van der Waals surface area contributed by atoms with Crippen molar-refractivity contribution in [3.63, 3.8) is 0 Å². The van der Waals surface area contributed by atoms with Gasteiger partial charge in [0.05, 0.1) is 12.9 Å². The minimum absolute atomic E-state index is 0.0252. The van der Waals surface area contributed by atoms with Crippen molar-refractivity contribution in [2.75, 3.05) is 7.11 Å². The van der Waals surface area contributed by atoms with E-state index in [-0.39, 0.29) is 5.41 Å². The van der Waals surface area contributed by atoms with Gasteiger partial charge in [-0.1, -0.05) is 24.0 Å². The third-order valence-corrected chi connectivity index (χ3v) is 8.13. The lowest BCUT2D eigenvalue weighted by Gasteiger charge is -2.54. The van der Waals surface area contributed by atoms with Crippen LogP contribution in [0.1, 0.15) is 71.6 Å². The molecule has 4 aliphatic carbocycles. The predicted molar refractivity (Wildman–Crippen MR) is 101 cm³/mol. The van der Waals surface area contributed by atoms with Crippen LogP contribution in [0.3, 0.4) is 0 Å². The minimum atomic E-state index is -0.753. The van der Waals surface area contributed by atoms with E-state index in [1.54, 1.807) is 18.3 Å². The Bertz CT molecular complexity index is 676. The van der Waals surface area contributed by atoms with Crippen LogP contribution < -0.4 is 0 Å². The van der Waals surface area contributed by atoms with E-state index < -0.39 is 5.60 Å². The molecule has 2 saturated carbocycles. The average Bonchev–Trinajstić information content (AvgIpc) is 2.94. The van der Waals surface area contributed by atoms with Crippen LogP contribution in [0.4, 0.5) is 0 Å². The van der Waals surface area contributed by atoms with Crippen molar-refractivity contribution in [2.24, 2.45) is 23.2 Å². The summed E-state index contributed by atoms with van der Waals surface area (Å²) >= 11 is 0. The molecule has 0 bridgehead atoms. The number of hydrogen-bond donors (Lipinski definition) is 1.